The molecule has 0 heterocycles. The zero-order valence-electron chi connectivity index (χ0n) is 11.3. The third-order valence-corrected chi connectivity index (χ3v) is 2.28. The Hall–Kier alpha value is -1.85. The van der Waals surface area contributed by atoms with Crippen LogP contribution in [0.2, 0.25) is 0 Å². The number of benzene rings is 1. The van der Waals surface area contributed by atoms with E-state index >= 15 is 0 Å². The quantitative estimate of drug-likeness (QED) is 0.736. The van der Waals surface area contributed by atoms with E-state index in [-0.39, 0.29) is 35.8 Å². The molecule has 0 spiro atoms. The van der Waals surface area contributed by atoms with Crippen molar-refractivity contribution in [2.24, 2.45) is 0 Å². The van der Waals surface area contributed by atoms with Crippen molar-refractivity contribution in [1.29, 1.82) is 0 Å². The molecule has 1 aromatic rings. The Morgan fingerprint density at radius 1 is 1.32 bits per heavy atom. The molecule has 19 heavy (non-hydrogen) atoms. The first-order valence-electron chi connectivity index (χ1n) is 5.98. The summed E-state index contributed by atoms with van der Waals surface area (Å²) in [6.45, 7) is 5.86. The number of nitrogen functional groups attached to an aromatic ring is 1. The minimum absolute atomic E-state index is 0.143. The third kappa shape index (κ3) is 5.11. The maximum atomic E-state index is 13.2. The first kappa shape index (κ1) is 15.2. The molecule has 6 heteroatoms. The Bertz CT molecular complexity index is 470. The van der Waals surface area contributed by atoms with Gasteiger partial charge < -0.3 is 16.4 Å². The van der Waals surface area contributed by atoms with Gasteiger partial charge in [-0.25, -0.2) is 8.78 Å². The van der Waals surface area contributed by atoms with Crippen molar-refractivity contribution < 1.29 is 13.6 Å². The van der Waals surface area contributed by atoms with Crippen LogP contribution in [0.4, 0.5) is 20.2 Å². The van der Waals surface area contributed by atoms with Crippen LogP contribution in [0.3, 0.4) is 0 Å². The van der Waals surface area contributed by atoms with Crippen LogP contribution in [0.1, 0.15) is 27.2 Å². The van der Waals surface area contributed by atoms with Crippen LogP contribution in [0.25, 0.3) is 0 Å². The number of carbonyl (C=O) groups excluding carboxylic acids is 1. The molecule has 0 radical (unpaired) electrons. The van der Waals surface area contributed by atoms with E-state index in [1.165, 1.54) is 0 Å². The summed E-state index contributed by atoms with van der Waals surface area (Å²) in [5.74, 6) is -1.68. The minimum atomic E-state index is -0.818. The van der Waals surface area contributed by atoms with Gasteiger partial charge in [-0.15, -0.1) is 0 Å². The lowest BCUT2D eigenvalue weighted by molar-refractivity contribution is -0.122. The number of hydrogen-bond donors (Lipinski definition) is 3. The lowest BCUT2D eigenvalue weighted by Gasteiger charge is -2.20. The van der Waals surface area contributed by atoms with Gasteiger partial charge >= 0.3 is 0 Å². The van der Waals surface area contributed by atoms with Crippen molar-refractivity contribution in [3.8, 4) is 0 Å². The zero-order chi connectivity index (χ0) is 14.6. The standard InChI is InChI=1S/C13H19F2N3O/c1-13(2,3)18-11(19)4-5-17-10-7-8(14)6-9(15)12(10)16/h6-7,17H,4-5,16H2,1-3H3,(H,18,19). The van der Waals surface area contributed by atoms with Gasteiger partial charge in [0, 0.05) is 24.6 Å². The highest BCUT2D eigenvalue weighted by Crippen LogP contribution is 2.23. The molecule has 0 aliphatic carbocycles. The molecule has 4 N–H and O–H groups in total. The van der Waals surface area contributed by atoms with Crippen LogP contribution in [0.15, 0.2) is 12.1 Å². The summed E-state index contributed by atoms with van der Waals surface area (Å²) in [5.41, 5.74) is 5.16. The Morgan fingerprint density at radius 2 is 1.95 bits per heavy atom. The van der Waals surface area contributed by atoms with Crippen molar-refractivity contribution in [1.82, 2.24) is 5.32 Å². The number of nitrogens with one attached hydrogen (secondary N) is 2. The van der Waals surface area contributed by atoms with E-state index in [1.54, 1.807) is 0 Å². The second-order valence-corrected chi connectivity index (χ2v) is 5.32. The lowest BCUT2D eigenvalue weighted by Crippen LogP contribution is -2.41. The fourth-order valence-electron chi connectivity index (χ4n) is 1.52. The SMILES string of the molecule is CC(C)(C)NC(=O)CCNc1cc(F)cc(F)c1N. The maximum Gasteiger partial charge on any atom is 0.222 e. The van der Waals surface area contributed by atoms with E-state index in [2.05, 4.69) is 10.6 Å². The molecule has 0 aliphatic rings. The van der Waals surface area contributed by atoms with E-state index in [0.29, 0.717) is 6.07 Å². The Balaban J connectivity index is 2.52. The van der Waals surface area contributed by atoms with Gasteiger partial charge in [0.05, 0.1) is 11.4 Å². The van der Waals surface area contributed by atoms with Crippen molar-refractivity contribution in [2.45, 2.75) is 32.7 Å². The highest BCUT2D eigenvalue weighted by atomic mass is 19.1. The average molecular weight is 271 g/mol. The summed E-state index contributed by atoms with van der Waals surface area (Å²) in [6, 6.07) is 1.81. The van der Waals surface area contributed by atoms with Crippen LogP contribution < -0.4 is 16.4 Å². The van der Waals surface area contributed by atoms with Crippen molar-refractivity contribution in [3.05, 3.63) is 23.8 Å². The second-order valence-electron chi connectivity index (χ2n) is 5.32. The van der Waals surface area contributed by atoms with Crippen molar-refractivity contribution in [3.63, 3.8) is 0 Å². The lowest BCUT2D eigenvalue weighted by atomic mass is 10.1. The summed E-state index contributed by atoms with van der Waals surface area (Å²) in [5, 5.41) is 5.53. The number of nitrogens with two attached hydrogens (primary N) is 1. The smallest absolute Gasteiger partial charge is 0.222 e. The first-order valence-corrected chi connectivity index (χ1v) is 5.98. The molecule has 4 nitrogen and oxygen atoms in total. The summed E-state index contributed by atoms with van der Waals surface area (Å²) < 4.78 is 26.2. The van der Waals surface area contributed by atoms with Crippen LogP contribution in [0.5, 0.6) is 0 Å². The summed E-state index contributed by atoms with van der Waals surface area (Å²) in [4.78, 5) is 11.5. The van der Waals surface area contributed by atoms with Gasteiger partial charge in [0.15, 0.2) is 5.82 Å². The first-order chi connectivity index (χ1) is 8.69. The van der Waals surface area contributed by atoms with E-state index in [0.717, 1.165) is 6.07 Å². The number of rotatable bonds is 4. The molecule has 0 bridgehead atoms. The minimum Gasteiger partial charge on any atom is -0.395 e. The summed E-state index contributed by atoms with van der Waals surface area (Å²) in [7, 11) is 0. The predicted molar refractivity (Wildman–Crippen MR) is 71.8 cm³/mol. The topological polar surface area (TPSA) is 67.2 Å². The number of hydrogen-bond acceptors (Lipinski definition) is 3. The molecule has 0 saturated heterocycles. The summed E-state index contributed by atoms with van der Waals surface area (Å²) in [6.07, 6.45) is 0.189. The normalized spacial score (nSPS) is 11.2. The molecule has 1 rings (SSSR count). The van der Waals surface area contributed by atoms with Crippen LogP contribution >= 0.6 is 0 Å². The molecule has 0 atom stereocenters. The van der Waals surface area contributed by atoms with E-state index in [9.17, 15) is 13.6 Å². The molecule has 0 aromatic heterocycles. The van der Waals surface area contributed by atoms with Gasteiger partial charge in [-0.2, -0.15) is 0 Å². The highest BCUT2D eigenvalue weighted by molar-refractivity contribution is 5.77. The zero-order valence-corrected chi connectivity index (χ0v) is 11.3. The summed E-state index contributed by atoms with van der Waals surface area (Å²) >= 11 is 0. The molecule has 106 valence electrons. The van der Waals surface area contributed by atoms with Crippen LogP contribution in [-0.4, -0.2) is 18.0 Å². The highest BCUT2D eigenvalue weighted by Gasteiger charge is 2.13. The fourth-order valence-corrected chi connectivity index (χ4v) is 1.52. The molecular formula is C13H19F2N3O. The van der Waals surface area contributed by atoms with E-state index < -0.39 is 11.6 Å². The van der Waals surface area contributed by atoms with Gasteiger partial charge in [0.2, 0.25) is 5.91 Å². The monoisotopic (exact) mass is 271 g/mol. The molecule has 1 aromatic carbocycles. The Labute approximate surface area is 111 Å². The van der Waals surface area contributed by atoms with Crippen molar-refractivity contribution in [2.75, 3.05) is 17.6 Å². The third-order valence-electron chi connectivity index (χ3n) is 2.28. The number of amides is 1. The van der Waals surface area contributed by atoms with E-state index in [1.807, 2.05) is 20.8 Å². The number of anilines is 2. The van der Waals surface area contributed by atoms with Crippen molar-refractivity contribution >= 4 is 17.3 Å². The second kappa shape index (κ2) is 5.86. The molecule has 0 aliphatic heterocycles. The van der Waals surface area contributed by atoms with Gasteiger partial charge in [-0.1, -0.05) is 0 Å². The Kier molecular flexibility index (Phi) is 4.69. The molecular weight excluding hydrogens is 252 g/mol. The van der Waals surface area contributed by atoms with Gasteiger partial charge in [-0.3, -0.25) is 4.79 Å². The van der Waals surface area contributed by atoms with Gasteiger partial charge in [-0.05, 0) is 26.8 Å². The van der Waals surface area contributed by atoms with E-state index in [4.69, 9.17) is 5.73 Å². The van der Waals surface area contributed by atoms with Gasteiger partial charge in [0.1, 0.15) is 5.82 Å². The van der Waals surface area contributed by atoms with Crippen LogP contribution in [-0.2, 0) is 4.79 Å². The average Bonchev–Trinajstić information content (AvgIpc) is 2.22. The number of halogens is 2. The predicted octanol–water partition coefficient (Wildman–Crippen LogP) is 2.26. The molecule has 1 amide bonds. The number of carbonyl (C=O) groups is 1. The molecule has 0 unspecified atom stereocenters. The largest absolute Gasteiger partial charge is 0.395 e. The maximum absolute atomic E-state index is 13.2. The van der Waals surface area contributed by atoms with Crippen LogP contribution in [0, 0.1) is 11.6 Å². The Morgan fingerprint density at radius 3 is 2.53 bits per heavy atom. The molecule has 0 fully saturated rings. The van der Waals surface area contributed by atoms with Gasteiger partial charge in [0.25, 0.3) is 0 Å². The molecule has 0 saturated carbocycles. The fraction of sp³-hybridized carbons (Fsp3) is 0.462.